The van der Waals surface area contributed by atoms with Gasteiger partial charge in [-0.25, -0.2) is 4.98 Å². The van der Waals surface area contributed by atoms with Crippen molar-refractivity contribution in [3.63, 3.8) is 0 Å². The summed E-state index contributed by atoms with van der Waals surface area (Å²) in [6, 6.07) is 10.2. The van der Waals surface area contributed by atoms with Crippen LogP contribution in [-0.4, -0.2) is 25.4 Å². The molecule has 0 fully saturated rings. The average Bonchev–Trinajstić information content (AvgIpc) is 3.09. The van der Waals surface area contributed by atoms with Gasteiger partial charge < -0.3 is 5.32 Å². The molecule has 0 saturated heterocycles. The number of aromatic amines is 1. The van der Waals surface area contributed by atoms with Crippen molar-refractivity contribution < 1.29 is 13.2 Å². The zero-order chi connectivity index (χ0) is 18.1. The second-order valence-electron chi connectivity index (χ2n) is 5.48. The summed E-state index contributed by atoms with van der Waals surface area (Å²) in [6.45, 7) is 0. The van der Waals surface area contributed by atoms with E-state index in [0.717, 1.165) is 23.2 Å². The molecule has 9 heteroatoms. The number of aromatic nitrogens is 5. The number of hydrogen-bond donors (Lipinski definition) is 2. The summed E-state index contributed by atoms with van der Waals surface area (Å²) in [5, 5.41) is 13.6. The summed E-state index contributed by atoms with van der Waals surface area (Å²) in [5.41, 5.74) is 2.47. The summed E-state index contributed by atoms with van der Waals surface area (Å²) in [7, 11) is 0. The third-order valence-corrected chi connectivity index (χ3v) is 3.76. The second-order valence-corrected chi connectivity index (χ2v) is 5.48. The van der Waals surface area contributed by atoms with Crippen molar-refractivity contribution in [2.45, 2.75) is 6.18 Å². The molecule has 0 unspecified atom stereocenters. The molecule has 130 valence electrons. The normalized spacial score (nSPS) is 11.7. The summed E-state index contributed by atoms with van der Waals surface area (Å²) >= 11 is 0. The minimum absolute atomic E-state index is 0.426. The van der Waals surface area contributed by atoms with E-state index in [4.69, 9.17) is 0 Å². The highest BCUT2D eigenvalue weighted by Gasteiger charge is 2.29. The number of rotatable bonds is 3. The third kappa shape index (κ3) is 3.06. The SMILES string of the molecule is FC(F)(F)c1ccc(Nc2nccnc2-c2ccc3n[nH]nc3c2)cc1. The van der Waals surface area contributed by atoms with E-state index in [-0.39, 0.29) is 0 Å². The molecular weight excluding hydrogens is 345 g/mol. The summed E-state index contributed by atoms with van der Waals surface area (Å²) < 4.78 is 38.0. The van der Waals surface area contributed by atoms with Gasteiger partial charge in [0, 0.05) is 23.6 Å². The number of nitrogens with zero attached hydrogens (tertiary/aromatic N) is 4. The summed E-state index contributed by atoms with van der Waals surface area (Å²) in [4.78, 5) is 8.58. The molecule has 0 saturated carbocycles. The van der Waals surface area contributed by atoms with E-state index < -0.39 is 11.7 Å². The predicted octanol–water partition coefficient (Wildman–Crippen LogP) is 4.18. The van der Waals surface area contributed by atoms with Crippen LogP contribution in [0, 0.1) is 0 Å². The van der Waals surface area contributed by atoms with E-state index >= 15 is 0 Å². The largest absolute Gasteiger partial charge is 0.416 e. The lowest BCUT2D eigenvalue weighted by Crippen LogP contribution is -2.05. The molecule has 2 aromatic carbocycles. The van der Waals surface area contributed by atoms with Crippen molar-refractivity contribution in [2.75, 3.05) is 5.32 Å². The molecule has 2 heterocycles. The molecule has 4 aromatic rings. The van der Waals surface area contributed by atoms with Gasteiger partial charge in [0.25, 0.3) is 0 Å². The van der Waals surface area contributed by atoms with E-state index in [2.05, 4.69) is 30.7 Å². The lowest BCUT2D eigenvalue weighted by Gasteiger charge is -2.11. The van der Waals surface area contributed by atoms with Gasteiger partial charge in [0.2, 0.25) is 0 Å². The van der Waals surface area contributed by atoms with E-state index in [0.29, 0.717) is 22.7 Å². The fourth-order valence-electron chi connectivity index (χ4n) is 2.51. The topological polar surface area (TPSA) is 79.4 Å². The van der Waals surface area contributed by atoms with Gasteiger partial charge >= 0.3 is 6.18 Å². The fraction of sp³-hybridized carbons (Fsp3) is 0.0588. The smallest absolute Gasteiger partial charge is 0.338 e. The van der Waals surface area contributed by atoms with Crippen LogP contribution in [0.25, 0.3) is 22.3 Å². The van der Waals surface area contributed by atoms with Crippen LogP contribution in [0.3, 0.4) is 0 Å². The molecule has 2 aromatic heterocycles. The Morgan fingerprint density at radius 2 is 1.58 bits per heavy atom. The first-order valence-electron chi connectivity index (χ1n) is 7.57. The predicted molar refractivity (Wildman–Crippen MR) is 89.6 cm³/mol. The highest BCUT2D eigenvalue weighted by molar-refractivity contribution is 5.83. The van der Waals surface area contributed by atoms with Gasteiger partial charge in [-0.05, 0) is 36.4 Å². The average molecular weight is 356 g/mol. The Labute approximate surface area is 145 Å². The molecule has 0 spiro atoms. The van der Waals surface area contributed by atoms with Gasteiger partial charge in [-0.15, -0.1) is 0 Å². The number of H-pyrrole nitrogens is 1. The van der Waals surface area contributed by atoms with Gasteiger partial charge in [-0.3, -0.25) is 4.98 Å². The number of halogens is 3. The molecule has 4 rings (SSSR count). The molecule has 0 aliphatic rings. The van der Waals surface area contributed by atoms with Crippen molar-refractivity contribution >= 4 is 22.5 Å². The minimum Gasteiger partial charge on any atom is -0.338 e. The summed E-state index contributed by atoms with van der Waals surface area (Å²) in [5.74, 6) is 0.426. The molecule has 0 bridgehead atoms. The molecule has 0 aliphatic heterocycles. The minimum atomic E-state index is -4.37. The van der Waals surface area contributed by atoms with Crippen LogP contribution in [0.4, 0.5) is 24.7 Å². The second kappa shape index (κ2) is 6.10. The van der Waals surface area contributed by atoms with Crippen LogP contribution in [0.2, 0.25) is 0 Å². The van der Waals surface area contributed by atoms with Crippen LogP contribution < -0.4 is 5.32 Å². The zero-order valence-corrected chi connectivity index (χ0v) is 13.1. The fourth-order valence-corrected chi connectivity index (χ4v) is 2.51. The van der Waals surface area contributed by atoms with Gasteiger partial charge in [-0.2, -0.15) is 28.6 Å². The maximum Gasteiger partial charge on any atom is 0.416 e. The molecule has 0 aliphatic carbocycles. The number of alkyl halides is 3. The molecule has 0 atom stereocenters. The molecule has 0 radical (unpaired) electrons. The quantitative estimate of drug-likeness (QED) is 0.576. The van der Waals surface area contributed by atoms with Gasteiger partial charge in [0.15, 0.2) is 5.82 Å². The first kappa shape index (κ1) is 16.0. The van der Waals surface area contributed by atoms with E-state index in [1.54, 1.807) is 18.3 Å². The monoisotopic (exact) mass is 356 g/mol. The van der Waals surface area contributed by atoms with Gasteiger partial charge in [0.1, 0.15) is 16.7 Å². The number of anilines is 2. The molecular formula is C17H11F3N6. The Morgan fingerprint density at radius 1 is 0.846 bits per heavy atom. The zero-order valence-electron chi connectivity index (χ0n) is 13.1. The Balaban J connectivity index is 1.67. The highest BCUT2D eigenvalue weighted by Crippen LogP contribution is 2.31. The van der Waals surface area contributed by atoms with Crippen LogP contribution in [0.15, 0.2) is 54.9 Å². The van der Waals surface area contributed by atoms with Crippen molar-refractivity contribution in [3.05, 3.63) is 60.4 Å². The van der Waals surface area contributed by atoms with Crippen LogP contribution in [0.1, 0.15) is 5.56 Å². The van der Waals surface area contributed by atoms with Gasteiger partial charge in [-0.1, -0.05) is 6.07 Å². The Hall–Kier alpha value is -3.49. The first-order valence-corrected chi connectivity index (χ1v) is 7.57. The number of hydrogen-bond acceptors (Lipinski definition) is 5. The number of nitrogens with one attached hydrogen (secondary N) is 2. The maximum absolute atomic E-state index is 12.7. The molecule has 26 heavy (non-hydrogen) atoms. The molecule has 0 amide bonds. The van der Waals surface area contributed by atoms with Crippen LogP contribution >= 0.6 is 0 Å². The van der Waals surface area contributed by atoms with Crippen LogP contribution in [0.5, 0.6) is 0 Å². The van der Waals surface area contributed by atoms with Gasteiger partial charge in [0.05, 0.1) is 5.56 Å². The van der Waals surface area contributed by atoms with Crippen molar-refractivity contribution in [3.8, 4) is 11.3 Å². The van der Waals surface area contributed by atoms with Crippen molar-refractivity contribution in [2.24, 2.45) is 0 Å². The standard InChI is InChI=1S/C17H11F3N6/c18-17(19,20)11-2-4-12(5-3-11)23-16-15(21-7-8-22-16)10-1-6-13-14(9-10)25-26-24-13/h1-9H,(H,22,23)(H,24,25,26). The van der Waals surface area contributed by atoms with E-state index in [9.17, 15) is 13.2 Å². The maximum atomic E-state index is 12.7. The van der Waals surface area contributed by atoms with E-state index in [1.807, 2.05) is 6.07 Å². The number of fused-ring (bicyclic) bond motifs is 1. The van der Waals surface area contributed by atoms with Crippen molar-refractivity contribution in [1.29, 1.82) is 0 Å². The molecule has 6 nitrogen and oxygen atoms in total. The Morgan fingerprint density at radius 3 is 2.35 bits per heavy atom. The Kier molecular flexibility index (Phi) is 3.76. The first-order chi connectivity index (χ1) is 12.5. The highest BCUT2D eigenvalue weighted by atomic mass is 19.4. The lowest BCUT2D eigenvalue weighted by atomic mass is 10.1. The number of benzene rings is 2. The van der Waals surface area contributed by atoms with Crippen LogP contribution in [-0.2, 0) is 6.18 Å². The Bertz CT molecular complexity index is 1060. The van der Waals surface area contributed by atoms with Crippen molar-refractivity contribution in [1.82, 2.24) is 25.4 Å². The van der Waals surface area contributed by atoms with E-state index in [1.165, 1.54) is 18.3 Å². The lowest BCUT2D eigenvalue weighted by molar-refractivity contribution is -0.137. The summed E-state index contributed by atoms with van der Waals surface area (Å²) in [6.07, 6.45) is -1.33. The third-order valence-electron chi connectivity index (χ3n) is 3.76. The molecule has 2 N–H and O–H groups in total.